The van der Waals surface area contributed by atoms with Gasteiger partial charge in [-0.05, 0) is 38.0 Å². The topological polar surface area (TPSA) is 46.2 Å². The van der Waals surface area contributed by atoms with Gasteiger partial charge in [-0.25, -0.2) is 8.42 Å². The summed E-state index contributed by atoms with van der Waals surface area (Å²) in [7, 11) is -2.76. The minimum absolute atomic E-state index is 0.317. The molecule has 1 aliphatic rings. The molecule has 1 aliphatic carbocycles. The number of hydrogen-bond acceptors (Lipinski definition) is 4. The van der Waals surface area contributed by atoms with Gasteiger partial charge in [0.05, 0.1) is 5.75 Å². The lowest BCUT2D eigenvalue weighted by molar-refractivity contribution is 0.603. The zero-order chi connectivity index (χ0) is 11.1. The monoisotopic (exact) mass is 251 g/mol. The maximum absolute atomic E-state index is 10.8. The minimum atomic E-state index is -2.76. The molecule has 0 aliphatic heterocycles. The Hall–Kier alpha value is 0.260. The fraction of sp³-hybridized carbons (Fsp3) is 1.00. The highest BCUT2D eigenvalue weighted by molar-refractivity contribution is 8.00. The third-order valence-electron chi connectivity index (χ3n) is 2.32. The zero-order valence-corrected chi connectivity index (χ0v) is 11.0. The molecule has 0 saturated heterocycles. The van der Waals surface area contributed by atoms with Crippen molar-refractivity contribution in [3.63, 3.8) is 0 Å². The van der Waals surface area contributed by atoms with Crippen LogP contribution in [0, 0.1) is 0 Å². The largest absolute Gasteiger partial charge is 0.314 e. The summed E-state index contributed by atoms with van der Waals surface area (Å²) in [6, 6.07) is 0.808. The van der Waals surface area contributed by atoms with E-state index < -0.39 is 9.84 Å². The smallest absolute Gasteiger partial charge is 0.148 e. The van der Waals surface area contributed by atoms with E-state index in [4.69, 9.17) is 0 Å². The Morgan fingerprint density at radius 1 is 1.27 bits per heavy atom. The lowest BCUT2D eigenvalue weighted by Gasteiger charge is -2.02. The van der Waals surface area contributed by atoms with E-state index in [1.165, 1.54) is 31.9 Å². The summed E-state index contributed by atoms with van der Waals surface area (Å²) in [4.78, 5) is 0. The summed E-state index contributed by atoms with van der Waals surface area (Å²) in [5.74, 6) is 2.15. The van der Waals surface area contributed by atoms with Gasteiger partial charge in [0.2, 0.25) is 0 Å². The van der Waals surface area contributed by atoms with E-state index in [1.807, 2.05) is 0 Å². The van der Waals surface area contributed by atoms with E-state index in [0.29, 0.717) is 5.75 Å². The molecule has 0 atom stereocenters. The van der Waals surface area contributed by atoms with Crippen molar-refractivity contribution >= 4 is 21.6 Å². The molecule has 0 bridgehead atoms. The van der Waals surface area contributed by atoms with Gasteiger partial charge in [0.15, 0.2) is 0 Å². The van der Waals surface area contributed by atoms with Crippen LogP contribution in [0.4, 0.5) is 0 Å². The van der Waals surface area contributed by atoms with Crippen LogP contribution in [-0.4, -0.2) is 44.5 Å². The standard InChI is InChI=1S/C10H21NO2S2/c1-15(12,13)9-8-14-7-3-2-6-11-10-4-5-10/h10-11H,2-9H2,1H3. The zero-order valence-electron chi connectivity index (χ0n) is 9.37. The number of rotatable bonds is 9. The van der Waals surface area contributed by atoms with Gasteiger partial charge >= 0.3 is 0 Å². The summed E-state index contributed by atoms with van der Waals surface area (Å²) in [6.07, 6.45) is 6.40. The van der Waals surface area contributed by atoms with E-state index in [-0.39, 0.29) is 0 Å². The van der Waals surface area contributed by atoms with Crippen LogP contribution in [0.15, 0.2) is 0 Å². The first-order valence-corrected chi connectivity index (χ1v) is 8.78. The van der Waals surface area contributed by atoms with Crippen molar-refractivity contribution in [2.24, 2.45) is 0 Å². The molecule has 1 saturated carbocycles. The van der Waals surface area contributed by atoms with E-state index in [9.17, 15) is 8.42 Å². The molecule has 90 valence electrons. The summed E-state index contributed by atoms with van der Waals surface area (Å²) >= 11 is 1.75. The fourth-order valence-electron chi connectivity index (χ4n) is 1.24. The van der Waals surface area contributed by atoms with Crippen molar-refractivity contribution < 1.29 is 8.42 Å². The summed E-state index contributed by atoms with van der Waals surface area (Å²) in [5.41, 5.74) is 0. The molecule has 15 heavy (non-hydrogen) atoms. The van der Waals surface area contributed by atoms with E-state index in [0.717, 1.165) is 24.1 Å². The molecule has 0 amide bonds. The fourth-order valence-corrected chi connectivity index (χ4v) is 3.53. The first kappa shape index (κ1) is 13.3. The maximum Gasteiger partial charge on any atom is 0.148 e. The quantitative estimate of drug-likeness (QED) is 0.627. The number of nitrogens with one attached hydrogen (secondary N) is 1. The Labute approximate surface area is 97.3 Å². The molecule has 0 heterocycles. The van der Waals surface area contributed by atoms with Crippen molar-refractivity contribution in [3.05, 3.63) is 0 Å². The molecule has 0 radical (unpaired) electrons. The molecule has 1 N–H and O–H groups in total. The normalized spacial score (nSPS) is 16.9. The van der Waals surface area contributed by atoms with Gasteiger partial charge in [-0.15, -0.1) is 0 Å². The number of thioether (sulfide) groups is 1. The molecule has 1 rings (SSSR count). The Balaban J connectivity index is 1.76. The third-order valence-corrected chi connectivity index (χ3v) is 4.60. The number of sulfone groups is 1. The summed E-state index contributed by atoms with van der Waals surface area (Å²) < 4.78 is 21.6. The summed E-state index contributed by atoms with van der Waals surface area (Å²) in [6.45, 7) is 1.12. The van der Waals surface area contributed by atoms with Crippen LogP contribution >= 0.6 is 11.8 Å². The first-order valence-electron chi connectivity index (χ1n) is 5.57. The lowest BCUT2D eigenvalue weighted by atomic mass is 10.3. The van der Waals surface area contributed by atoms with Gasteiger partial charge in [-0.2, -0.15) is 11.8 Å². The molecule has 1 fully saturated rings. The molecule has 0 aromatic heterocycles. The van der Waals surface area contributed by atoms with Gasteiger partial charge in [-0.1, -0.05) is 0 Å². The molecule has 0 unspecified atom stereocenters. The van der Waals surface area contributed by atoms with Gasteiger partial charge in [0.1, 0.15) is 9.84 Å². The lowest BCUT2D eigenvalue weighted by Crippen LogP contribution is -2.17. The highest BCUT2D eigenvalue weighted by Gasteiger charge is 2.19. The van der Waals surface area contributed by atoms with Gasteiger partial charge < -0.3 is 5.32 Å². The third kappa shape index (κ3) is 9.20. The predicted molar refractivity (Wildman–Crippen MR) is 67.3 cm³/mol. The van der Waals surface area contributed by atoms with E-state index in [1.54, 1.807) is 11.8 Å². The van der Waals surface area contributed by atoms with Crippen molar-refractivity contribution in [3.8, 4) is 0 Å². The number of hydrogen-bond donors (Lipinski definition) is 1. The molecule has 3 nitrogen and oxygen atoms in total. The molecule has 5 heteroatoms. The van der Waals surface area contributed by atoms with Crippen LogP contribution in [0.1, 0.15) is 25.7 Å². The van der Waals surface area contributed by atoms with E-state index in [2.05, 4.69) is 5.32 Å². The Bertz CT molecular complexity index is 261. The first-order chi connectivity index (χ1) is 7.08. The highest BCUT2D eigenvalue weighted by atomic mass is 32.2. The molecule has 0 aromatic rings. The van der Waals surface area contributed by atoms with Crippen LogP contribution in [0.2, 0.25) is 0 Å². The van der Waals surface area contributed by atoms with Crippen LogP contribution in [0.5, 0.6) is 0 Å². The van der Waals surface area contributed by atoms with Crippen molar-refractivity contribution in [2.75, 3.05) is 30.1 Å². The van der Waals surface area contributed by atoms with Gasteiger partial charge in [-0.3, -0.25) is 0 Å². The highest BCUT2D eigenvalue weighted by Crippen LogP contribution is 2.18. The van der Waals surface area contributed by atoms with Crippen LogP contribution in [0.3, 0.4) is 0 Å². The van der Waals surface area contributed by atoms with Crippen molar-refractivity contribution in [1.82, 2.24) is 5.32 Å². The summed E-state index contributed by atoms with van der Waals surface area (Å²) in [5, 5.41) is 3.47. The average molecular weight is 251 g/mol. The predicted octanol–water partition coefficient (Wildman–Crippen LogP) is 1.30. The molecular weight excluding hydrogens is 230 g/mol. The van der Waals surface area contributed by atoms with Crippen molar-refractivity contribution in [2.45, 2.75) is 31.7 Å². The molecule has 0 aromatic carbocycles. The average Bonchev–Trinajstić information content (AvgIpc) is 2.91. The van der Waals surface area contributed by atoms with Crippen LogP contribution in [0.25, 0.3) is 0 Å². The molecule has 0 spiro atoms. The second kappa shape index (κ2) is 6.76. The second-order valence-electron chi connectivity index (χ2n) is 4.18. The molecular formula is C10H21NO2S2. The SMILES string of the molecule is CS(=O)(=O)CCSCCCCNC1CC1. The van der Waals surface area contributed by atoms with Gasteiger partial charge in [0, 0.05) is 18.1 Å². The van der Waals surface area contributed by atoms with E-state index >= 15 is 0 Å². The van der Waals surface area contributed by atoms with Crippen LogP contribution in [-0.2, 0) is 9.84 Å². The van der Waals surface area contributed by atoms with Crippen molar-refractivity contribution in [1.29, 1.82) is 0 Å². The Morgan fingerprint density at radius 3 is 2.60 bits per heavy atom. The minimum Gasteiger partial charge on any atom is -0.314 e. The van der Waals surface area contributed by atoms with Gasteiger partial charge in [0.25, 0.3) is 0 Å². The Morgan fingerprint density at radius 2 is 2.00 bits per heavy atom. The number of unbranched alkanes of at least 4 members (excludes halogenated alkanes) is 1. The second-order valence-corrected chi connectivity index (χ2v) is 7.66. The van der Waals surface area contributed by atoms with Crippen LogP contribution < -0.4 is 5.32 Å². The maximum atomic E-state index is 10.8. The Kier molecular flexibility index (Phi) is 6.00.